The number of nitrogens with two attached hydrogens (primary N) is 1. The number of aromatic amines is 1. The molecule has 0 saturated heterocycles. The number of halogens is 1. The molecule has 1 aliphatic heterocycles. The number of hydrogen-bond acceptors (Lipinski definition) is 7. The molecular formula is C25H27FN6O4. The number of nitrogens with zero attached hydrogens (tertiary/aromatic N) is 3. The fourth-order valence-corrected chi connectivity index (χ4v) is 4.10. The number of nitrogens with one attached hydrogen (secondary N) is 2. The first kappa shape index (κ1) is 23.4. The molecule has 4 aromatic rings. The minimum atomic E-state index is -1.65. The molecule has 11 heteroatoms. The van der Waals surface area contributed by atoms with Gasteiger partial charge in [0.25, 0.3) is 5.91 Å². The first-order valence-corrected chi connectivity index (χ1v) is 11.1. The number of pyridine rings is 1. The summed E-state index contributed by atoms with van der Waals surface area (Å²) in [6, 6.07) is 8.78. The van der Waals surface area contributed by atoms with Crippen LogP contribution in [0.25, 0.3) is 22.3 Å². The fourth-order valence-electron chi connectivity index (χ4n) is 4.10. The Labute approximate surface area is 207 Å². The lowest BCUT2D eigenvalue weighted by atomic mass is 9.82. The Morgan fingerprint density at radius 1 is 1.33 bits per heavy atom. The van der Waals surface area contributed by atoms with E-state index in [2.05, 4.69) is 25.3 Å². The SMILES string of the molecule is C[C@](O)(CNC(=O)c1cc2cncnc2[nH]1)c1cc2c(c(-c3ccc(F)cc3)n1)OC[C@]2(C)C(N)=O.[HH].[HH]. The lowest BCUT2D eigenvalue weighted by Crippen LogP contribution is -2.41. The highest BCUT2D eigenvalue weighted by molar-refractivity contribution is 5.97. The Hall–Kier alpha value is -4.38. The lowest BCUT2D eigenvalue weighted by Gasteiger charge is -2.26. The van der Waals surface area contributed by atoms with Crippen LogP contribution in [0.2, 0.25) is 0 Å². The number of primary amides is 1. The van der Waals surface area contributed by atoms with E-state index in [0.717, 1.165) is 0 Å². The molecule has 0 fully saturated rings. The number of rotatable bonds is 6. The summed E-state index contributed by atoms with van der Waals surface area (Å²) in [4.78, 5) is 40.6. The molecule has 3 aromatic heterocycles. The third-order valence-corrected chi connectivity index (χ3v) is 6.42. The van der Waals surface area contributed by atoms with E-state index >= 15 is 0 Å². The maximum atomic E-state index is 13.6. The summed E-state index contributed by atoms with van der Waals surface area (Å²) in [7, 11) is 0. The highest BCUT2D eigenvalue weighted by Gasteiger charge is 2.45. The van der Waals surface area contributed by atoms with Gasteiger partial charge in [-0.2, -0.15) is 0 Å². The van der Waals surface area contributed by atoms with Crippen LogP contribution in [-0.4, -0.2) is 50.0 Å². The highest BCUT2D eigenvalue weighted by atomic mass is 19.1. The summed E-state index contributed by atoms with van der Waals surface area (Å²) >= 11 is 0. The Morgan fingerprint density at radius 2 is 2.08 bits per heavy atom. The van der Waals surface area contributed by atoms with E-state index in [1.165, 1.54) is 37.5 Å². The molecule has 0 radical (unpaired) electrons. The third-order valence-electron chi connectivity index (χ3n) is 6.42. The standard InChI is InChI=1S/C25H23FN6O4.2H2/c1-24(23(27)34)11-36-20-16(24)8-18(32-19(20)13-3-5-15(26)6-4-13)25(2,35)10-29-22(33)17-7-14-9-28-12-30-21(14)31-17;;/h3-9,12,35H,10-11H2,1-2H3,(H2,27,34)(H,29,33)(H,28,30,31);2*1H/t24-,25-;;/m0../s1. The van der Waals surface area contributed by atoms with Crippen LogP contribution in [0.4, 0.5) is 4.39 Å². The van der Waals surface area contributed by atoms with Crippen molar-refractivity contribution in [3.63, 3.8) is 0 Å². The number of amides is 2. The molecule has 0 spiro atoms. The summed E-state index contributed by atoms with van der Waals surface area (Å²) < 4.78 is 19.4. The molecule has 5 rings (SSSR count). The van der Waals surface area contributed by atoms with E-state index in [1.807, 2.05) is 0 Å². The minimum Gasteiger partial charge on any atom is -0.489 e. The molecule has 0 aliphatic carbocycles. The van der Waals surface area contributed by atoms with Gasteiger partial charge in [0, 0.05) is 25.6 Å². The van der Waals surface area contributed by atoms with Gasteiger partial charge in [-0.1, -0.05) is 0 Å². The Kier molecular flexibility index (Phi) is 5.44. The second-order valence-electron chi connectivity index (χ2n) is 9.19. The van der Waals surface area contributed by atoms with Gasteiger partial charge in [0.1, 0.15) is 52.6 Å². The number of fused-ring (bicyclic) bond motifs is 2. The molecule has 2 amide bonds. The van der Waals surface area contributed by atoms with Crippen molar-refractivity contribution < 1.29 is 26.7 Å². The Bertz CT molecular complexity index is 1480. The second-order valence-corrected chi connectivity index (χ2v) is 9.19. The van der Waals surface area contributed by atoms with E-state index in [0.29, 0.717) is 33.6 Å². The molecule has 2 atom stereocenters. The molecular weight excluding hydrogens is 467 g/mol. The molecule has 10 nitrogen and oxygen atoms in total. The number of hydrogen-bond donors (Lipinski definition) is 4. The summed E-state index contributed by atoms with van der Waals surface area (Å²) in [6.45, 7) is 2.94. The van der Waals surface area contributed by atoms with Gasteiger partial charge in [-0.25, -0.2) is 19.3 Å². The van der Waals surface area contributed by atoms with Gasteiger partial charge in [0.15, 0.2) is 0 Å². The van der Waals surface area contributed by atoms with Crippen LogP contribution in [-0.2, 0) is 15.8 Å². The minimum absolute atomic E-state index is 0. The van der Waals surface area contributed by atoms with E-state index in [1.54, 1.807) is 25.3 Å². The van der Waals surface area contributed by atoms with Crippen molar-refractivity contribution in [1.82, 2.24) is 25.3 Å². The van der Waals surface area contributed by atoms with Crippen molar-refractivity contribution in [2.45, 2.75) is 24.9 Å². The molecule has 36 heavy (non-hydrogen) atoms. The molecule has 0 unspecified atom stereocenters. The van der Waals surface area contributed by atoms with Crippen LogP contribution < -0.4 is 15.8 Å². The predicted octanol–water partition coefficient (Wildman–Crippen LogP) is 2.42. The zero-order chi connectivity index (χ0) is 25.7. The summed E-state index contributed by atoms with van der Waals surface area (Å²) in [5.74, 6) is -1.14. The number of aliphatic hydroxyl groups is 1. The first-order chi connectivity index (χ1) is 17.1. The molecule has 1 aromatic carbocycles. The van der Waals surface area contributed by atoms with Crippen molar-refractivity contribution in [2.75, 3.05) is 13.2 Å². The topological polar surface area (TPSA) is 156 Å². The van der Waals surface area contributed by atoms with Crippen LogP contribution in [0, 0.1) is 5.82 Å². The van der Waals surface area contributed by atoms with E-state index in [9.17, 15) is 19.1 Å². The van der Waals surface area contributed by atoms with E-state index < -0.39 is 28.6 Å². The highest BCUT2D eigenvalue weighted by Crippen LogP contribution is 2.45. The molecule has 188 valence electrons. The quantitative estimate of drug-likeness (QED) is 0.321. The fraction of sp³-hybridized carbons (Fsp3) is 0.240. The monoisotopic (exact) mass is 494 g/mol. The molecule has 5 N–H and O–H groups in total. The lowest BCUT2D eigenvalue weighted by molar-refractivity contribution is -0.123. The molecule has 4 heterocycles. The summed E-state index contributed by atoms with van der Waals surface area (Å²) in [5.41, 5.74) is 5.14. The maximum Gasteiger partial charge on any atom is 0.267 e. The smallest absolute Gasteiger partial charge is 0.267 e. The second kappa shape index (κ2) is 8.38. The Balaban J connectivity index is 0.00000200. The van der Waals surface area contributed by atoms with Gasteiger partial charge < -0.3 is 25.9 Å². The number of carbonyl (C=O) groups excluding carboxylic acids is 2. The molecule has 0 saturated carbocycles. The number of carbonyl (C=O) groups is 2. The average Bonchev–Trinajstić information content (AvgIpc) is 3.45. The number of benzene rings is 1. The van der Waals surface area contributed by atoms with E-state index in [4.69, 9.17) is 10.5 Å². The van der Waals surface area contributed by atoms with Gasteiger partial charge in [-0.15, -0.1) is 0 Å². The normalized spacial score (nSPS) is 18.3. The largest absolute Gasteiger partial charge is 0.489 e. The number of H-pyrrole nitrogens is 1. The van der Waals surface area contributed by atoms with Crippen LogP contribution in [0.1, 0.15) is 38.4 Å². The summed E-state index contributed by atoms with van der Waals surface area (Å²) in [6.07, 6.45) is 2.95. The predicted molar refractivity (Wildman–Crippen MR) is 132 cm³/mol. The van der Waals surface area contributed by atoms with Gasteiger partial charge in [0.2, 0.25) is 5.91 Å². The van der Waals surface area contributed by atoms with Gasteiger partial charge in [-0.05, 0) is 50.2 Å². The van der Waals surface area contributed by atoms with Crippen LogP contribution in [0.3, 0.4) is 0 Å². The van der Waals surface area contributed by atoms with Crippen molar-refractivity contribution in [3.05, 3.63) is 71.7 Å². The third kappa shape index (κ3) is 3.93. The van der Waals surface area contributed by atoms with Gasteiger partial charge >= 0.3 is 0 Å². The average molecular weight is 495 g/mol. The van der Waals surface area contributed by atoms with Crippen molar-refractivity contribution in [1.29, 1.82) is 0 Å². The first-order valence-electron chi connectivity index (χ1n) is 11.1. The number of ether oxygens (including phenoxy) is 1. The van der Waals surface area contributed by atoms with Crippen LogP contribution in [0.5, 0.6) is 5.75 Å². The van der Waals surface area contributed by atoms with Crippen molar-refractivity contribution >= 4 is 22.8 Å². The van der Waals surface area contributed by atoms with Crippen LogP contribution in [0.15, 0.2) is 48.9 Å². The van der Waals surface area contributed by atoms with Gasteiger partial charge in [0.05, 0.1) is 12.2 Å². The maximum absolute atomic E-state index is 13.6. The summed E-state index contributed by atoms with van der Waals surface area (Å²) in [5, 5.41) is 14.7. The number of aromatic nitrogens is 4. The zero-order valence-electron chi connectivity index (χ0n) is 19.5. The molecule has 1 aliphatic rings. The van der Waals surface area contributed by atoms with E-state index in [-0.39, 0.29) is 27.4 Å². The molecule has 0 bridgehead atoms. The Morgan fingerprint density at radius 3 is 2.78 bits per heavy atom. The van der Waals surface area contributed by atoms with Crippen molar-refractivity contribution in [2.24, 2.45) is 5.73 Å². The van der Waals surface area contributed by atoms with Gasteiger partial charge in [-0.3, -0.25) is 9.59 Å². The zero-order valence-corrected chi connectivity index (χ0v) is 19.5. The van der Waals surface area contributed by atoms with Crippen LogP contribution >= 0.6 is 0 Å². The van der Waals surface area contributed by atoms with Crippen molar-refractivity contribution in [3.8, 4) is 17.0 Å².